The maximum atomic E-state index is 5.97. The second kappa shape index (κ2) is 5.80. The van der Waals surface area contributed by atoms with E-state index in [-0.39, 0.29) is 0 Å². The van der Waals surface area contributed by atoms with Crippen molar-refractivity contribution in [1.82, 2.24) is 4.98 Å². The summed E-state index contributed by atoms with van der Waals surface area (Å²) in [6, 6.07) is 15.8. The molecule has 3 aromatic rings. The lowest BCUT2D eigenvalue weighted by molar-refractivity contribution is 0.572. The molecule has 0 atom stereocenters. The van der Waals surface area contributed by atoms with Crippen LogP contribution in [0.25, 0.3) is 11.3 Å². The van der Waals surface area contributed by atoms with E-state index in [1.165, 1.54) is 6.39 Å². The van der Waals surface area contributed by atoms with Crippen molar-refractivity contribution < 1.29 is 4.42 Å². The Bertz CT molecular complexity index is 695. The highest BCUT2D eigenvalue weighted by Crippen LogP contribution is 2.22. The molecule has 0 aliphatic rings. The van der Waals surface area contributed by atoms with E-state index < -0.39 is 0 Å². The van der Waals surface area contributed by atoms with Gasteiger partial charge in [-0.1, -0.05) is 35.9 Å². The molecule has 0 fully saturated rings. The molecule has 0 saturated carbocycles. The summed E-state index contributed by atoms with van der Waals surface area (Å²) in [5.74, 6) is 0.761. The number of nitrogens with zero attached hydrogens (tertiary/aromatic N) is 1. The van der Waals surface area contributed by atoms with Gasteiger partial charge in [-0.25, -0.2) is 4.98 Å². The second-order valence-corrected chi connectivity index (χ2v) is 4.87. The van der Waals surface area contributed by atoms with E-state index in [2.05, 4.69) is 10.3 Å². The van der Waals surface area contributed by atoms with Crippen molar-refractivity contribution in [2.24, 2.45) is 0 Å². The lowest BCUT2D eigenvalue weighted by Gasteiger charge is -2.08. The predicted molar refractivity (Wildman–Crippen MR) is 80.7 cm³/mol. The summed E-state index contributed by atoms with van der Waals surface area (Å²) >= 11 is 5.97. The third kappa shape index (κ3) is 3.00. The first kappa shape index (κ1) is 12.8. The fourth-order valence-corrected chi connectivity index (χ4v) is 2.20. The average molecular weight is 285 g/mol. The summed E-state index contributed by atoms with van der Waals surface area (Å²) in [6.07, 6.45) is 3.14. The summed E-state index contributed by atoms with van der Waals surface area (Å²) in [5.41, 5.74) is 3.17. The quantitative estimate of drug-likeness (QED) is 0.760. The minimum absolute atomic E-state index is 0.723. The Balaban J connectivity index is 1.73. The molecule has 0 amide bonds. The Kier molecular flexibility index (Phi) is 3.70. The van der Waals surface area contributed by atoms with Gasteiger partial charge in [0.25, 0.3) is 0 Å². The van der Waals surface area contributed by atoms with Gasteiger partial charge in [0.15, 0.2) is 12.2 Å². The molecule has 100 valence electrons. The van der Waals surface area contributed by atoms with E-state index in [4.69, 9.17) is 16.0 Å². The lowest BCUT2D eigenvalue weighted by Crippen LogP contribution is -1.99. The Morgan fingerprint density at radius 2 is 2.00 bits per heavy atom. The van der Waals surface area contributed by atoms with Gasteiger partial charge in [-0.2, -0.15) is 0 Å². The molecule has 0 aliphatic carbocycles. The number of oxazole rings is 1. The van der Waals surface area contributed by atoms with Crippen LogP contribution in [-0.4, -0.2) is 4.98 Å². The van der Waals surface area contributed by atoms with Crippen LogP contribution in [0.2, 0.25) is 5.02 Å². The number of benzene rings is 2. The van der Waals surface area contributed by atoms with E-state index in [9.17, 15) is 0 Å². The zero-order chi connectivity index (χ0) is 13.8. The van der Waals surface area contributed by atoms with E-state index in [1.54, 1.807) is 6.20 Å². The van der Waals surface area contributed by atoms with Gasteiger partial charge in [-0.05, 0) is 29.8 Å². The van der Waals surface area contributed by atoms with Crippen LogP contribution < -0.4 is 5.32 Å². The molecule has 0 saturated heterocycles. The molecule has 3 nitrogen and oxygen atoms in total. The normalized spacial score (nSPS) is 10.4. The van der Waals surface area contributed by atoms with Gasteiger partial charge in [0.05, 0.1) is 6.20 Å². The smallest absolute Gasteiger partial charge is 0.181 e. The molecule has 1 aromatic heterocycles. The number of aromatic nitrogens is 1. The lowest BCUT2D eigenvalue weighted by atomic mass is 10.1. The Hall–Kier alpha value is -2.26. The van der Waals surface area contributed by atoms with Gasteiger partial charge in [0, 0.05) is 22.8 Å². The SMILES string of the molecule is Clc1cccc(CNc2cccc(-c3cnco3)c2)c1. The van der Waals surface area contributed by atoms with Crippen molar-refractivity contribution in [3.63, 3.8) is 0 Å². The number of anilines is 1. The standard InChI is InChI=1S/C16H13ClN2O/c17-14-5-1-3-12(7-14)9-19-15-6-2-4-13(8-15)16-10-18-11-20-16/h1-8,10-11,19H,9H2. The van der Waals surface area contributed by atoms with Crippen LogP contribution in [-0.2, 0) is 6.54 Å². The minimum Gasteiger partial charge on any atom is -0.444 e. The Morgan fingerprint density at radius 1 is 1.10 bits per heavy atom. The van der Waals surface area contributed by atoms with Crippen LogP contribution in [0.1, 0.15) is 5.56 Å². The van der Waals surface area contributed by atoms with Crippen molar-refractivity contribution >= 4 is 17.3 Å². The topological polar surface area (TPSA) is 38.1 Å². The van der Waals surface area contributed by atoms with Crippen LogP contribution in [0.3, 0.4) is 0 Å². The molecule has 0 radical (unpaired) electrons. The van der Waals surface area contributed by atoms with E-state index in [1.807, 2.05) is 48.5 Å². The van der Waals surface area contributed by atoms with Crippen LogP contribution in [0.5, 0.6) is 0 Å². The largest absolute Gasteiger partial charge is 0.444 e. The van der Waals surface area contributed by atoms with Crippen molar-refractivity contribution in [2.75, 3.05) is 5.32 Å². The molecule has 20 heavy (non-hydrogen) atoms. The van der Waals surface area contributed by atoms with E-state index in [0.29, 0.717) is 0 Å². The first-order chi connectivity index (χ1) is 9.81. The monoisotopic (exact) mass is 284 g/mol. The maximum Gasteiger partial charge on any atom is 0.181 e. The maximum absolute atomic E-state index is 5.97. The van der Waals surface area contributed by atoms with Gasteiger partial charge >= 0.3 is 0 Å². The molecule has 4 heteroatoms. The van der Waals surface area contributed by atoms with Crippen molar-refractivity contribution in [1.29, 1.82) is 0 Å². The number of nitrogens with one attached hydrogen (secondary N) is 1. The Labute approximate surface area is 122 Å². The molecule has 2 aromatic carbocycles. The van der Waals surface area contributed by atoms with Crippen molar-refractivity contribution in [3.8, 4) is 11.3 Å². The fourth-order valence-electron chi connectivity index (χ4n) is 1.99. The highest BCUT2D eigenvalue weighted by Gasteiger charge is 2.02. The molecular weight excluding hydrogens is 272 g/mol. The summed E-state index contributed by atoms with van der Waals surface area (Å²) in [6.45, 7) is 0.723. The molecule has 3 rings (SSSR count). The van der Waals surface area contributed by atoms with Crippen LogP contribution in [0.15, 0.2) is 65.5 Å². The summed E-state index contributed by atoms with van der Waals surface area (Å²) in [7, 11) is 0. The first-order valence-corrected chi connectivity index (χ1v) is 6.66. The predicted octanol–water partition coefficient (Wildman–Crippen LogP) is 4.61. The van der Waals surface area contributed by atoms with Gasteiger partial charge < -0.3 is 9.73 Å². The third-order valence-electron chi connectivity index (χ3n) is 2.97. The van der Waals surface area contributed by atoms with E-state index in [0.717, 1.165) is 34.1 Å². The number of halogens is 1. The highest BCUT2D eigenvalue weighted by molar-refractivity contribution is 6.30. The molecule has 1 N–H and O–H groups in total. The van der Waals surface area contributed by atoms with Crippen LogP contribution in [0, 0.1) is 0 Å². The van der Waals surface area contributed by atoms with Crippen molar-refractivity contribution in [3.05, 3.63) is 71.7 Å². The van der Waals surface area contributed by atoms with Gasteiger partial charge in [-0.15, -0.1) is 0 Å². The van der Waals surface area contributed by atoms with Gasteiger partial charge in [0.1, 0.15) is 0 Å². The molecule has 0 bridgehead atoms. The Morgan fingerprint density at radius 3 is 2.80 bits per heavy atom. The second-order valence-electron chi connectivity index (χ2n) is 4.43. The molecule has 0 spiro atoms. The molecule has 0 unspecified atom stereocenters. The summed E-state index contributed by atoms with van der Waals surface area (Å²) in [5, 5.41) is 4.12. The average Bonchev–Trinajstić information content (AvgIpc) is 3.00. The van der Waals surface area contributed by atoms with Gasteiger partial charge in [0.2, 0.25) is 0 Å². The number of hydrogen-bond acceptors (Lipinski definition) is 3. The summed E-state index contributed by atoms with van der Waals surface area (Å²) in [4.78, 5) is 3.93. The molecule has 1 heterocycles. The van der Waals surface area contributed by atoms with Crippen LogP contribution in [0.4, 0.5) is 5.69 Å². The molecular formula is C16H13ClN2O. The zero-order valence-electron chi connectivity index (χ0n) is 10.7. The third-order valence-corrected chi connectivity index (χ3v) is 3.20. The molecule has 0 aliphatic heterocycles. The number of rotatable bonds is 4. The van der Waals surface area contributed by atoms with Gasteiger partial charge in [-0.3, -0.25) is 0 Å². The first-order valence-electron chi connectivity index (χ1n) is 6.28. The minimum atomic E-state index is 0.723. The van der Waals surface area contributed by atoms with E-state index >= 15 is 0 Å². The zero-order valence-corrected chi connectivity index (χ0v) is 11.5. The van der Waals surface area contributed by atoms with Crippen LogP contribution >= 0.6 is 11.6 Å². The van der Waals surface area contributed by atoms with Crippen molar-refractivity contribution in [2.45, 2.75) is 6.54 Å². The highest BCUT2D eigenvalue weighted by atomic mass is 35.5. The summed E-state index contributed by atoms with van der Waals surface area (Å²) < 4.78 is 5.30. The number of hydrogen-bond donors (Lipinski definition) is 1. The fraction of sp³-hybridized carbons (Fsp3) is 0.0625.